The van der Waals surface area contributed by atoms with Crippen molar-refractivity contribution >= 4 is 29.2 Å². The Balaban J connectivity index is 1.65. The zero-order valence-corrected chi connectivity index (χ0v) is 16.4. The first kappa shape index (κ1) is 18.0. The highest BCUT2D eigenvalue weighted by Crippen LogP contribution is 2.36. The molecule has 1 saturated carbocycles. The number of allylic oxidation sites excluding steroid dienone is 1. The number of thiazole rings is 1. The molecule has 2 aromatic rings. The predicted octanol–water partition coefficient (Wildman–Crippen LogP) is 4.79. The number of aliphatic hydroxyl groups excluding tert-OH is 1. The van der Waals surface area contributed by atoms with Crippen molar-refractivity contribution in [3.63, 3.8) is 0 Å². The summed E-state index contributed by atoms with van der Waals surface area (Å²) >= 11 is 1.74. The van der Waals surface area contributed by atoms with Crippen LogP contribution in [-0.2, 0) is 6.42 Å². The number of nitrogens with zero attached hydrogens (tertiary/aromatic N) is 3. The molecule has 0 spiro atoms. The van der Waals surface area contributed by atoms with Crippen LogP contribution in [-0.4, -0.2) is 32.6 Å². The smallest absolute Gasteiger partial charge is 0.224 e. The highest BCUT2D eigenvalue weighted by Gasteiger charge is 2.23. The largest absolute Gasteiger partial charge is 0.516 e. The van der Waals surface area contributed by atoms with E-state index in [1.54, 1.807) is 11.3 Å². The molecule has 6 nitrogen and oxygen atoms in total. The van der Waals surface area contributed by atoms with E-state index < -0.39 is 0 Å². The van der Waals surface area contributed by atoms with Crippen molar-refractivity contribution in [1.82, 2.24) is 15.0 Å². The molecule has 2 aliphatic carbocycles. The molecule has 1 atom stereocenters. The summed E-state index contributed by atoms with van der Waals surface area (Å²) in [7, 11) is 0. The van der Waals surface area contributed by atoms with Crippen LogP contribution in [0.3, 0.4) is 0 Å². The summed E-state index contributed by atoms with van der Waals surface area (Å²) in [6.45, 7) is 2.96. The molecular formula is C20H25N5OS. The Morgan fingerprint density at radius 1 is 1.33 bits per heavy atom. The first-order valence-electron chi connectivity index (χ1n) is 9.63. The second kappa shape index (κ2) is 8.08. The molecule has 0 bridgehead atoms. The van der Waals surface area contributed by atoms with E-state index in [2.05, 4.69) is 34.7 Å². The lowest BCUT2D eigenvalue weighted by molar-refractivity contribution is 0.464. The minimum atomic E-state index is 0.269. The van der Waals surface area contributed by atoms with Crippen LogP contribution in [0.5, 0.6) is 0 Å². The van der Waals surface area contributed by atoms with Gasteiger partial charge in [-0.2, -0.15) is 4.98 Å². The fourth-order valence-electron chi connectivity index (χ4n) is 3.48. The Morgan fingerprint density at radius 2 is 2.26 bits per heavy atom. The Hall–Kier alpha value is -2.41. The molecule has 1 fully saturated rings. The monoisotopic (exact) mass is 383 g/mol. The summed E-state index contributed by atoms with van der Waals surface area (Å²) in [5.41, 5.74) is 3.11. The average molecular weight is 384 g/mol. The highest BCUT2D eigenvalue weighted by molar-refractivity contribution is 7.15. The molecule has 0 radical (unpaired) electrons. The van der Waals surface area contributed by atoms with Gasteiger partial charge in [-0.25, -0.2) is 9.97 Å². The quantitative estimate of drug-likeness (QED) is 0.622. The normalized spacial score (nSPS) is 20.0. The van der Waals surface area contributed by atoms with Gasteiger partial charge < -0.3 is 15.7 Å². The van der Waals surface area contributed by atoms with Crippen LogP contribution in [0.2, 0.25) is 0 Å². The van der Waals surface area contributed by atoms with Gasteiger partial charge in [-0.15, -0.1) is 11.3 Å². The van der Waals surface area contributed by atoms with E-state index in [1.807, 2.05) is 6.20 Å². The third-order valence-corrected chi connectivity index (χ3v) is 6.10. The van der Waals surface area contributed by atoms with Crippen LogP contribution < -0.4 is 10.6 Å². The molecular weight excluding hydrogens is 358 g/mol. The lowest BCUT2D eigenvalue weighted by Gasteiger charge is -2.16. The van der Waals surface area contributed by atoms with Crippen molar-refractivity contribution in [1.29, 1.82) is 0 Å². The SMILES string of the molecule is CCCNc1ncc(-c2nc3c(s2)CCC=C3)c(NC2CC/C(=C\O)C2)n1. The van der Waals surface area contributed by atoms with Gasteiger partial charge in [0.1, 0.15) is 10.8 Å². The van der Waals surface area contributed by atoms with Crippen molar-refractivity contribution in [2.24, 2.45) is 0 Å². The number of aliphatic hydroxyl groups is 1. The zero-order chi connectivity index (χ0) is 18.6. The number of aryl methyl sites for hydroxylation is 1. The van der Waals surface area contributed by atoms with Gasteiger partial charge in [0.15, 0.2) is 0 Å². The minimum Gasteiger partial charge on any atom is -0.516 e. The third-order valence-electron chi connectivity index (χ3n) is 4.94. The molecule has 7 heteroatoms. The fourth-order valence-corrected chi connectivity index (χ4v) is 4.56. The Kier molecular flexibility index (Phi) is 5.38. The van der Waals surface area contributed by atoms with Crippen LogP contribution in [0.1, 0.15) is 49.6 Å². The van der Waals surface area contributed by atoms with Crippen molar-refractivity contribution < 1.29 is 5.11 Å². The van der Waals surface area contributed by atoms with Crippen LogP contribution in [0.25, 0.3) is 16.6 Å². The number of fused-ring (bicyclic) bond motifs is 1. The van der Waals surface area contributed by atoms with E-state index >= 15 is 0 Å². The van der Waals surface area contributed by atoms with Crippen LogP contribution in [0, 0.1) is 0 Å². The van der Waals surface area contributed by atoms with Gasteiger partial charge in [0.2, 0.25) is 5.95 Å². The lowest BCUT2D eigenvalue weighted by Crippen LogP contribution is -2.17. The van der Waals surface area contributed by atoms with Crippen LogP contribution >= 0.6 is 11.3 Å². The van der Waals surface area contributed by atoms with Gasteiger partial charge in [0, 0.05) is 23.7 Å². The summed E-state index contributed by atoms with van der Waals surface area (Å²) in [5.74, 6) is 1.46. The molecule has 2 aliphatic rings. The molecule has 27 heavy (non-hydrogen) atoms. The van der Waals surface area contributed by atoms with Crippen LogP contribution in [0.4, 0.5) is 11.8 Å². The molecule has 0 amide bonds. The van der Waals surface area contributed by atoms with Gasteiger partial charge in [-0.3, -0.25) is 0 Å². The first-order valence-corrected chi connectivity index (χ1v) is 10.4. The Labute approximate surface area is 163 Å². The summed E-state index contributed by atoms with van der Waals surface area (Å²) in [6, 6.07) is 0.269. The minimum absolute atomic E-state index is 0.269. The van der Waals surface area contributed by atoms with Crippen molar-refractivity contribution in [3.8, 4) is 10.6 Å². The second-order valence-corrected chi connectivity index (χ2v) is 8.11. The number of aromatic nitrogens is 3. The maximum Gasteiger partial charge on any atom is 0.224 e. The third kappa shape index (κ3) is 3.98. The standard InChI is InChI=1S/C20H25N5OS/c1-2-9-21-20-22-11-15(19-24-16-5-3-4-6-17(16)27-19)18(25-20)23-14-8-7-13(10-14)12-26/h3,5,11-12,14,26H,2,4,6-10H2,1H3,(H2,21,22,23,25)/b13-12+. The molecule has 4 rings (SSSR count). The molecule has 0 aliphatic heterocycles. The molecule has 0 aromatic carbocycles. The van der Waals surface area contributed by atoms with Crippen molar-refractivity contribution in [2.45, 2.75) is 51.5 Å². The maximum atomic E-state index is 9.28. The predicted molar refractivity (Wildman–Crippen MR) is 111 cm³/mol. The number of anilines is 2. The number of rotatable bonds is 6. The fraction of sp³-hybridized carbons (Fsp3) is 0.450. The van der Waals surface area contributed by atoms with E-state index in [4.69, 9.17) is 9.97 Å². The van der Waals surface area contributed by atoms with Gasteiger partial charge in [-0.1, -0.05) is 13.0 Å². The maximum absolute atomic E-state index is 9.28. The Bertz CT molecular complexity index is 873. The van der Waals surface area contributed by atoms with E-state index in [0.29, 0.717) is 5.95 Å². The van der Waals surface area contributed by atoms with Gasteiger partial charge in [0.05, 0.1) is 17.5 Å². The summed E-state index contributed by atoms with van der Waals surface area (Å²) in [6.07, 6.45) is 13.3. The highest BCUT2D eigenvalue weighted by atomic mass is 32.1. The van der Waals surface area contributed by atoms with Crippen LogP contribution in [0.15, 0.2) is 24.1 Å². The summed E-state index contributed by atoms with van der Waals surface area (Å²) in [5, 5.41) is 17.1. The number of hydrogen-bond donors (Lipinski definition) is 3. The number of nitrogens with one attached hydrogen (secondary N) is 2. The van der Waals surface area contributed by atoms with Crippen molar-refractivity contribution in [3.05, 3.63) is 34.7 Å². The molecule has 0 saturated heterocycles. The van der Waals surface area contributed by atoms with E-state index in [9.17, 15) is 5.11 Å². The van der Waals surface area contributed by atoms with E-state index in [-0.39, 0.29) is 6.04 Å². The molecule has 1 unspecified atom stereocenters. The second-order valence-electron chi connectivity index (χ2n) is 7.02. The molecule has 2 aromatic heterocycles. The average Bonchev–Trinajstić information content (AvgIpc) is 3.33. The van der Waals surface area contributed by atoms with Gasteiger partial charge in [0.25, 0.3) is 0 Å². The lowest BCUT2D eigenvalue weighted by atomic mass is 10.1. The van der Waals surface area contributed by atoms with Gasteiger partial charge >= 0.3 is 0 Å². The van der Waals surface area contributed by atoms with Crippen molar-refractivity contribution in [2.75, 3.05) is 17.2 Å². The Morgan fingerprint density at radius 3 is 3.04 bits per heavy atom. The summed E-state index contributed by atoms with van der Waals surface area (Å²) < 4.78 is 0. The molecule has 2 heterocycles. The molecule has 3 N–H and O–H groups in total. The first-order chi connectivity index (χ1) is 13.3. The summed E-state index contributed by atoms with van der Waals surface area (Å²) in [4.78, 5) is 15.4. The zero-order valence-electron chi connectivity index (χ0n) is 15.5. The topological polar surface area (TPSA) is 83.0 Å². The number of hydrogen-bond acceptors (Lipinski definition) is 7. The van der Waals surface area contributed by atoms with E-state index in [0.717, 1.165) is 72.7 Å². The van der Waals surface area contributed by atoms with E-state index in [1.165, 1.54) is 11.1 Å². The molecule has 142 valence electrons. The van der Waals surface area contributed by atoms with Gasteiger partial charge in [-0.05, 0) is 50.2 Å².